The fourth-order valence-electron chi connectivity index (χ4n) is 2.26. The fourth-order valence-corrected chi connectivity index (χ4v) is 4.87. The molecular formula is C17H36N2O6Si. The molecule has 0 aliphatic rings. The van der Waals surface area contributed by atoms with Crippen LogP contribution in [0.5, 0.6) is 0 Å². The molecule has 1 atom stereocenters. The van der Waals surface area contributed by atoms with Gasteiger partial charge in [0.15, 0.2) is 0 Å². The molecule has 0 unspecified atom stereocenters. The SMILES string of the molecule is CCCCOC(=O)[C@H](C)NC(=O)NCCC[Si](OCC)(OCC)OCC. The molecule has 0 radical (unpaired) electrons. The Bertz CT molecular complexity index is 380. The lowest BCUT2D eigenvalue weighted by Crippen LogP contribution is -2.47. The van der Waals surface area contributed by atoms with Crippen molar-refractivity contribution in [1.82, 2.24) is 10.6 Å². The maximum atomic E-state index is 11.9. The number of esters is 1. The van der Waals surface area contributed by atoms with E-state index >= 15 is 0 Å². The van der Waals surface area contributed by atoms with Crippen LogP contribution in [0.4, 0.5) is 4.79 Å². The molecule has 0 heterocycles. The Morgan fingerprint density at radius 1 is 0.962 bits per heavy atom. The molecule has 0 saturated heterocycles. The van der Waals surface area contributed by atoms with E-state index in [9.17, 15) is 9.59 Å². The van der Waals surface area contributed by atoms with Gasteiger partial charge in [-0.05, 0) is 40.5 Å². The summed E-state index contributed by atoms with van der Waals surface area (Å²) in [5.74, 6) is -0.427. The number of rotatable bonds is 15. The molecule has 0 bridgehead atoms. The van der Waals surface area contributed by atoms with Crippen molar-refractivity contribution in [3.63, 3.8) is 0 Å². The van der Waals surface area contributed by atoms with Gasteiger partial charge in [0, 0.05) is 32.4 Å². The first-order valence-corrected chi connectivity index (χ1v) is 11.5. The highest BCUT2D eigenvalue weighted by Crippen LogP contribution is 2.17. The van der Waals surface area contributed by atoms with Crippen LogP contribution in [0.15, 0.2) is 0 Å². The van der Waals surface area contributed by atoms with Crippen molar-refractivity contribution in [2.45, 2.75) is 66.0 Å². The Balaban J connectivity index is 4.19. The van der Waals surface area contributed by atoms with Crippen LogP contribution in [-0.4, -0.2) is 59.8 Å². The Morgan fingerprint density at radius 2 is 1.54 bits per heavy atom. The zero-order valence-electron chi connectivity index (χ0n) is 16.9. The van der Waals surface area contributed by atoms with Gasteiger partial charge in [-0.3, -0.25) is 0 Å². The average Bonchev–Trinajstić information content (AvgIpc) is 2.59. The highest BCUT2D eigenvalue weighted by molar-refractivity contribution is 6.60. The Hall–Kier alpha value is -1.16. The molecular weight excluding hydrogens is 356 g/mol. The summed E-state index contributed by atoms with van der Waals surface area (Å²) in [5, 5.41) is 5.31. The van der Waals surface area contributed by atoms with E-state index in [1.54, 1.807) is 6.92 Å². The third kappa shape index (κ3) is 10.7. The number of unbranched alkanes of at least 4 members (excludes halogenated alkanes) is 1. The number of ether oxygens (including phenoxy) is 1. The highest BCUT2D eigenvalue weighted by atomic mass is 28.4. The van der Waals surface area contributed by atoms with Gasteiger partial charge < -0.3 is 28.6 Å². The molecule has 2 N–H and O–H groups in total. The van der Waals surface area contributed by atoms with Gasteiger partial charge in [-0.25, -0.2) is 9.59 Å². The van der Waals surface area contributed by atoms with E-state index in [1.165, 1.54) is 0 Å². The molecule has 0 aromatic heterocycles. The van der Waals surface area contributed by atoms with Gasteiger partial charge in [0.05, 0.1) is 6.61 Å². The van der Waals surface area contributed by atoms with Crippen LogP contribution < -0.4 is 10.6 Å². The zero-order chi connectivity index (χ0) is 19.8. The van der Waals surface area contributed by atoms with Crippen LogP contribution >= 0.6 is 0 Å². The van der Waals surface area contributed by atoms with Gasteiger partial charge in [0.25, 0.3) is 0 Å². The lowest BCUT2D eigenvalue weighted by molar-refractivity contribution is -0.145. The number of carbonyl (C=O) groups is 2. The molecule has 0 rings (SSSR count). The van der Waals surface area contributed by atoms with E-state index in [2.05, 4.69) is 10.6 Å². The molecule has 0 aliphatic heterocycles. The van der Waals surface area contributed by atoms with Crippen LogP contribution in [0.3, 0.4) is 0 Å². The first kappa shape index (κ1) is 24.8. The molecule has 2 amide bonds. The smallest absolute Gasteiger partial charge is 0.464 e. The van der Waals surface area contributed by atoms with E-state index in [4.69, 9.17) is 18.0 Å². The second kappa shape index (κ2) is 14.9. The Kier molecular flexibility index (Phi) is 14.3. The zero-order valence-corrected chi connectivity index (χ0v) is 17.9. The van der Waals surface area contributed by atoms with E-state index in [0.29, 0.717) is 45.4 Å². The topological polar surface area (TPSA) is 95.1 Å². The van der Waals surface area contributed by atoms with Crippen LogP contribution in [0.25, 0.3) is 0 Å². The normalized spacial score (nSPS) is 12.5. The largest absolute Gasteiger partial charge is 0.500 e. The summed E-state index contributed by atoms with van der Waals surface area (Å²) in [4.78, 5) is 23.6. The molecule has 0 aromatic carbocycles. The van der Waals surface area contributed by atoms with E-state index < -0.39 is 26.8 Å². The van der Waals surface area contributed by atoms with E-state index in [0.717, 1.165) is 12.8 Å². The van der Waals surface area contributed by atoms with Crippen LogP contribution in [-0.2, 0) is 22.8 Å². The minimum absolute atomic E-state index is 0.377. The van der Waals surface area contributed by atoms with Crippen molar-refractivity contribution in [3.8, 4) is 0 Å². The lowest BCUT2D eigenvalue weighted by atomic mass is 10.3. The van der Waals surface area contributed by atoms with E-state index in [1.807, 2.05) is 27.7 Å². The van der Waals surface area contributed by atoms with Gasteiger partial charge in [0.2, 0.25) is 0 Å². The molecule has 0 fully saturated rings. The molecule has 0 saturated carbocycles. The molecule has 0 aliphatic carbocycles. The minimum atomic E-state index is -2.68. The summed E-state index contributed by atoms with van der Waals surface area (Å²) in [5.41, 5.74) is 0. The van der Waals surface area contributed by atoms with Crippen molar-refractivity contribution >= 4 is 20.8 Å². The summed E-state index contributed by atoms with van der Waals surface area (Å²) in [7, 11) is -2.68. The lowest BCUT2D eigenvalue weighted by Gasteiger charge is -2.28. The summed E-state index contributed by atoms with van der Waals surface area (Å²) in [6.07, 6.45) is 2.43. The number of nitrogens with one attached hydrogen (secondary N) is 2. The first-order chi connectivity index (χ1) is 12.4. The third-order valence-corrected chi connectivity index (χ3v) is 6.63. The Labute approximate surface area is 158 Å². The maximum Gasteiger partial charge on any atom is 0.500 e. The van der Waals surface area contributed by atoms with Crippen molar-refractivity contribution in [2.24, 2.45) is 0 Å². The summed E-state index contributed by atoms with van der Waals surface area (Å²) in [6, 6.07) is -0.464. The predicted molar refractivity (Wildman–Crippen MR) is 102 cm³/mol. The fraction of sp³-hybridized carbons (Fsp3) is 0.882. The molecule has 9 heteroatoms. The highest BCUT2D eigenvalue weighted by Gasteiger charge is 2.39. The predicted octanol–water partition coefficient (Wildman–Crippen LogP) is 2.46. The average molecular weight is 393 g/mol. The summed E-state index contributed by atoms with van der Waals surface area (Å²) in [6.45, 7) is 11.7. The molecule has 0 aromatic rings. The second-order valence-corrected chi connectivity index (χ2v) is 8.46. The standard InChI is InChI=1S/C17H36N2O6Si/c1-6-10-13-22-16(20)15(5)19-17(21)18-12-11-14-26(23-7-2,24-8-3)25-9-4/h15H,6-14H2,1-5H3,(H2,18,19,21)/t15-/m0/s1. The molecule has 0 spiro atoms. The minimum Gasteiger partial charge on any atom is -0.464 e. The monoisotopic (exact) mass is 392 g/mol. The van der Waals surface area contributed by atoms with Gasteiger partial charge in [-0.2, -0.15) is 0 Å². The first-order valence-electron chi connectivity index (χ1n) is 9.57. The van der Waals surface area contributed by atoms with Crippen molar-refractivity contribution in [1.29, 1.82) is 0 Å². The van der Waals surface area contributed by atoms with Crippen molar-refractivity contribution in [2.75, 3.05) is 33.0 Å². The molecule has 154 valence electrons. The second-order valence-electron chi connectivity index (χ2n) is 5.73. The summed E-state index contributed by atoms with van der Waals surface area (Å²) >= 11 is 0. The van der Waals surface area contributed by atoms with Crippen LogP contribution in [0.2, 0.25) is 6.04 Å². The number of hydrogen-bond donors (Lipinski definition) is 2. The number of hydrogen-bond acceptors (Lipinski definition) is 6. The van der Waals surface area contributed by atoms with Gasteiger partial charge >= 0.3 is 20.8 Å². The van der Waals surface area contributed by atoms with Gasteiger partial charge in [-0.1, -0.05) is 13.3 Å². The molecule has 8 nitrogen and oxygen atoms in total. The van der Waals surface area contributed by atoms with Crippen molar-refractivity contribution in [3.05, 3.63) is 0 Å². The van der Waals surface area contributed by atoms with Gasteiger partial charge in [-0.15, -0.1) is 0 Å². The van der Waals surface area contributed by atoms with Crippen LogP contribution in [0.1, 0.15) is 53.9 Å². The van der Waals surface area contributed by atoms with Crippen molar-refractivity contribution < 1.29 is 27.6 Å². The number of amides is 2. The number of urea groups is 1. The Morgan fingerprint density at radius 3 is 2.04 bits per heavy atom. The molecule has 26 heavy (non-hydrogen) atoms. The van der Waals surface area contributed by atoms with Gasteiger partial charge in [0.1, 0.15) is 6.04 Å². The van der Waals surface area contributed by atoms with E-state index in [-0.39, 0.29) is 0 Å². The third-order valence-electron chi connectivity index (χ3n) is 3.48. The quantitative estimate of drug-likeness (QED) is 0.252. The summed E-state index contributed by atoms with van der Waals surface area (Å²) < 4.78 is 22.4. The van der Waals surface area contributed by atoms with Crippen LogP contribution in [0, 0.1) is 0 Å². The maximum absolute atomic E-state index is 11.9. The number of carbonyl (C=O) groups excluding carboxylic acids is 2.